The summed E-state index contributed by atoms with van der Waals surface area (Å²) in [6.45, 7) is 3.07. The van der Waals surface area contributed by atoms with Gasteiger partial charge in [-0.25, -0.2) is 14.6 Å². The topological polar surface area (TPSA) is 80.9 Å². The molecule has 2 aromatic heterocycles. The van der Waals surface area contributed by atoms with Crippen molar-refractivity contribution in [1.29, 1.82) is 0 Å². The Morgan fingerprint density at radius 3 is 2.81 bits per heavy atom. The maximum Gasteiger partial charge on any atom is 0.242 e. The molecule has 8 nitrogen and oxygen atoms in total. The number of amides is 1. The van der Waals surface area contributed by atoms with Gasteiger partial charge < -0.3 is 9.88 Å². The third-order valence-electron chi connectivity index (χ3n) is 6.00. The molecule has 0 atom stereocenters. The first-order chi connectivity index (χ1) is 12.6. The van der Waals surface area contributed by atoms with Crippen molar-refractivity contribution in [3.8, 4) is 0 Å². The zero-order valence-electron chi connectivity index (χ0n) is 15.2. The Labute approximate surface area is 152 Å². The first kappa shape index (κ1) is 16.0. The van der Waals surface area contributed by atoms with Crippen LogP contribution < -0.4 is 5.32 Å². The molecule has 0 aromatic carbocycles. The molecule has 2 aromatic rings. The molecule has 1 saturated heterocycles. The van der Waals surface area contributed by atoms with Crippen molar-refractivity contribution in [1.82, 2.24) is 34.5 Å². The Kier molecular flexibility index (Phi) is 3.63. The molecule has 1 spiro atoms. The molecule has 4 heterocycles. The van der Waals surface area contributed by atoms with E-state index in [4.69, 9.17) is 4.98 Å². The fourth-order valence-corrected chi connectivity index (χ4v) is 4.17. The van der Waals surface area contributed by atoms with E-state index in [2.05, 4.69) is 24.9 Å². The number of piperidine rings is 1. The molecule has 26 heavy (non-hydrogen) atoms. The van der Waals surface area contributed by atoms with Gasteiger partial charge in [-0.1, -0.05) is 0 Å². The van der Waals surface area contributed by atoms with Gasteiger partial charge in [0.25, 0.3) is 0 Å². The Morgan fingerprint density at radius 1 is 1.31 bits per heavy atom. The molecule has 3 aliphatic rings. The molecule has 1 aliphatic carbocycles. The van der Waals surface area contributed by atoms with Crippen LogP contribution in [0.1, 0.15) is 49.1 Å². The number of aryl methyl sites for hydroxylation is 1. The molecule has 0 bridgehead atoms. The Morgan fingerprint density at radius 2 is 2.12 bits per heavy atom. The lowest BCUT2D eigenvalue weighted by Gasteiger charge is -2.41. The lowest BCUT2D eigenvalue weighted by atomic mass is 9.84. The third kappa shape index (κ3) is 2.92. The van der Waals surface area contributed by atoms with Gasteiger partial charge in [0.2, 0.25) is 5.91 Å². The molecule has 2 fully saturated rings. The van der Waals surface area contributed by atoms with Crippen molar-refractivity contribution < 1.29 is 4.79 Å². The van der Waals surface area contributed by atoms with Gasteiger partial charge in [0.1, 0.15) is 18.2 Å². The molecule has 138 valence electrons. The van der Waals surface area contributed by atoms with Crippen LogP contribution in [0.25, 0.3) is 0 Å². The Hall–Kier alpha value is -2.22. The summed E-state index contributed by atoms with van der Waals surface area (Å²) in [5.74, 6) is 3.58. The summed E-state index contributed by atoms with van der Waals surface area (Å²) in [5.41, 5.74) is -0.183. The van der Waals surface area contributed by atoms with Gasteiger partial charge in [-0.05, 0) is 25.7 Å². The van der Waals surface area contributed by atoms with E-state index >= 15 is 0 Å². The van der Waals surface area contributed by atoms with Crippen LogP contribution in [0.4, 0.5) is 0 Å². The summed E-state index contributed by atoms with van der Waals surface area (Å²) >= 11 is 0. The highest BCUT2D eigenvalue weighted by Gasteiger charge is 2.40. The Bertz CT molecular complexity index is 826. The van der Waals surface area contributed by atoms with Crippen LogP contribution in [0.3, 0.4) is 0 Å². The lowest BCUT2D eigenvalue weighted by Crippen LogP contribution is -2.56. The number of imidazole rings is 1. The molecular weight excluding hydrogens is 330 g/mol. The monoisotopic (exact) mass is 355 g/mol. The van der Waals surface area contributed by atoms with Crippen LogP contribution in [-0.4, -0.2) is 53.8 Å². The average molecular weight is 355 g/mol. The smallest absolute Gasteiger partial charge is 0.242 e. The van der Waals surface area contributed by atoms with E-state index in [1.165, 1.54) is 12.8 Å². The van der Waals surface area contributed by atoms with E-state index in [-0.39, 0.29) is 11.4 Å². The highest BCUT2D eigenvalue weighted by molar-refractivity contribution is 5.77. The zero-order valence-corrected chi connectivity index (χ0v) is 15.2. The van der Waals surface area contributed by atoms with Gasteiger partial charge in [-0.15, -0.1) is 0 Å². The van der Waals surface area contributed by atoms with E-state index in [0.29, 0.717) is 12.5 Å². The minimum atomic E-state index is -0.183. The number of carbonyl (C=O) groups excluding carboxylic acids is 1. The zero-order chi connectivity index (χ0) is 17.7. The summed E-state index contributed by atoms with van der Waals surface area (Å²) in [5, 5.41) is 7.89. The second kappa shape index (κ2) is 5.90. The molecule has 0 radical (unpaired) electrons. The standard InChI is InChI=1S/C18H25N7O/c1-23-9-6-19-15(23)11-24-7-4-18(5-8-24)10-14-20-17(13-2-3-13)22-25(14)12-16(26)21-18/h6,9,13H,2-5,7-8,10-12H2,1H3,(H,21,26). The highest BCUT2D eigenvalue weighted by Crippen LogP contribution is 2.38. The first-order valence-electron chi connectivity index (χ1n) is 9.53. The van der Waals surface area contributed by atoms with Crippen LogP contribution >= 0.6 is 0 Å². The number of nitrogens with zero attached hydrogens (tertiary/aromatic N) is 6. The third-order valence-corrected chi connectivity index (χ3v) is 6.00. The average Bonchev–Trinajstić information content (AvgIpc) is 3.31. The van der Waals surface area contributed by atoms with Crippen LogP contribution in [0, 0.1) is 0 Å². The van der Waals surface area contributed by atoms with Crippen molar-refractivity contribution in [3.05, 3.63) is 29.9 Å². The second-order valence-corrected chi connectivity index (χ2v) is 8.05. The van der Waals surface area contributed by atoms with Gasteiger partial charge in [-0.3, -0.25) is 9.69 Å². The van der Waals surface area contributed by atoms with Crippen LogP contribution in [0.5, 0.6) is 0 Å². The number of hydrogen-bond donors (Lipinski definition) is 1. The van der Waals surface area contributed by atoms with E-state index in [0.717, 1.165) is 56.4 Å². The number of hydrogen-bond acceptors (Lipinski definition) is 5. The van der Waals surface area contributed by atoms with E-state index < -0.39 is 0 Å². The normalized spacial score (nSPS) is 22.9. The predicted molar refractivity (Wildman–Crippen MR) is 94.3 cm³/mol. The summed E-state index contributed by atoms with van der Waals surface area (Å²) in [7, 11) is 2.03. The summed E-state index contributed by atoms with van der Waals surface area (Å²) in [6, 6.07) is 0. The quantitative estimate of drug-likeness (QED) is 0.872. The van der Waals surface area contributed by atoms with Crippen molar-refractivity contribution in [2.75, 3.05) is 13.1 Å². The van der Waals surface area contributed by atoms with E-state index in [9.17, 15) is 4.79 Å². The highest BCUT2D eigenvalue weighted by atomic mass is 16.2. The first-order valence-corrected chi connectivity index (χ1v) is 9.53. The van der Waals surface area contributed by atoms with Crippen molar-refractivity contribution in [2.24, 2.45) is 7.05 Å². The molecule has 0 unspecified atom stereocenters. The van der Waals surface area contributed by atoms with Crippen LogP contribution in [-0.2, 0) is 31.4 Å². The van der Waals surface area contributed by atoms with Gasteiger partial charge in [0.05, 0.1) is 6.54 Å². The maximum atomic E-state index is 12.5. The molecule has 1 saturated carbocycles. The van der Waals surface area contributed by atoms with Gasteiger partial charge >= 0.3 is 0 Å². The van der Waals surface area contributed by atoms with Crippen molar-refractivity contribution in [2.45, 2.75) is 56.7 Å². The lowest BCUT2D eigenvalue weighted by molar-refractivity contribution is -0.123. The number of likely N-dealkylation sites (tertiary alicyclic amines) is 1. The van der Waals surface area contributed by atoms with Gasteiger partial charge in [0, 0.05) is 50.4 Å². The Balaban J connectivity index is 1.31. The molecule has 5 rings (SSSR count). The number of rotatable bonds is 3. The molecule has 2 aliphatic heterocycles. The van der Waals surface area contributed by atoms with Crippen molar-refractivity contribution in [3.63, 3.8) is 0 Å². The van der Waals surface area contributed by atoms with Gasteiger partial charge in [0.15, 0.2) is 5.82 Å². The SMILES string of the molecule is Cn1ccnc1CN1CCC2(CC1)Cc1nc(C3CC3)nn1CC(=O)N2. The minimum Gasteiger partial charge on any atom is -0.349 e. The predicted octanol–water partition coefficient (Wildman–Crippen LogP) is 0.596. The fraction of sp³-hybridized carbons (Fsp3) is 0.667. The number of carbonyl (C=O) groups is 1. The molecular formula is C18H25N7O. The van der Waals surface area contributed by atoms with E-state index in [1.54, 1.807) is 0 Å². The van der Waals surface area contributed by atoms with Crippen LogP contribution in [0.2, 0.25) is 0 Å². The minimum absolute atomic E-state index is 0.0635. The number of fused-ring (bicyclic) bond motifs is 1. The summed E-state index contributed by atoms with van der Waals surface area (Å²) < 4.78 is 3.90. The van der Waals surface area contributed by atoms with Crippen LogP contribution in [0.15, 0.2) is 12.4 Å². The number of nitrogens with one attached hydrogen (secondary N) is 1. The number of aromatic nitrogens is 5. The second-order valence-electron chi connectivity index (χ2n) is 8.05. The molecule has 8 heteroatoms. The van der Waals surface area contributed by atoms with Gasteiger partial charge in [-0.2, -0.15) is 5.10 Å². The molecule has 1 amide bonds. The van der Waals surface area contributed by atoms with E-state index in [1.807, 2.05) is 24.1 Å². The van der Waals surface area contributed by atoms with Crippen molar-refractivity contribution >= 4 is 5.91 Å². The maximum absolute atomic E-state index is 12.5. The largest absolute Gasteiger partial charge is 0.349 e. The fourth-order valence-electron chi connectivity index (χ4n) is 4.17. The summed E-state index contributed by atoms with van der Waals surface area (Å²) in [6.07, 6.45) is 8.86. The molecule has 1 N–H and O–H groups in total. The summed E-state index contributed by atoms with van der Waals surface area (Å²) in [4.78, 5) is 24.1.